The number of nitrogens with zero attached hydrogens (tertiary/aromatic N) is 1. The minimum atomic E-state index is -0.309. The van der Waals surface area contributed by atoms with Gasteiger partial charge in [-0.15, -0.1) is 0 Å². The molecule has 28 heavy (non-hydrogen) atoms. The molecule has 1 unspecified atom stereocenters. The normalized spacial score (nSPS) is 16.9. The Labute approximate surface area is 167 Å². The van der Waals surface area contributed by atoms with Gasteiger partial charge in [-0.25, -0.2) is 0 Å². The van der Waals surface area contributed by atoms with Crippen molar-refractivity contribution in [2.75, 3.05) is 11.9 Å². The third-order valence-electron chi connectivity index (χ3n) is 5.42. The van der Waals surface area contributed by atoms with Gasteiger partial charge in [0, 0.05) is 25.2 Å². The molecule has 0 spiro atoms. The summed E-state index contributed by atoms with van der Waals surface area (Å²) < 4.78 is 0. The van der Waals surface area contributed by atoms with Crippen LogP contribution in [0, 0.1) is 5.92 Å². The van der Waals surface area contributed by atoms with E-state index < -0.39 is 0 Å². The molecule has 3 rings (SSSR count). The topological polar surface area (TPSA) is 49.4 Å². The first-order valence-corrected chi connectivity index (χ1v) is 10.1. The molecule has 2 aromatic rings. The second kappa shape index (κ2) is 8.59. The average molecular weight is 379 g/mol. The number of para-hydroxylation sites is 1. The van der Waals surface area contributed by atoms with Crippen molar-refractivity contribution >= 4 is 17.5 Å². The molecule has 1 saturated heterocycles. The summed E-state index contributed by atoms with van der Waals surface area (Å²) >= 11 is 0. The van der Waals surface area contributed by atoms with Crippen molar-refractivity contribution in [2.45, 2.75) is 52.5 Å². The predicted molar refractivity (Wildman–Crippen MR) is 113 cm³/mol. The van der Waals surface area contributed by atoms with E-state index in [1.54, 1.807) is 4.90 Å². The van der Waals surface area contributed by atoms with E-state index in [4.69, 9.17) is 0 Å². The van der Waals surface area contributed by atoms with Gasteiger partial charge in [0.1, 0.15) is 0 Å². The summed E-state index contributed by atoms with van der Waals surface area (Å²) in [6.45, 7) is 9.57. The third kappa shape index (κ3) is 4.44. The van der Waals surface area contributed by atoms with E-state index in [0.29, 0.717) is 24.9 Å². The first kappa shape index (κ1) is 20.1. The van der Waals surface area contributed by atoms with E-state index in [1.165, 1.54) is 0 Å². The lowest BCUT2D eigenvalue weighted by Gasteiger charge is -2.21. The minimum Gasteiger partial charge on any atom is -0.338 e. The fourth-order valence-corrected chi connectivity index (χ4v) is 3.83. The van der Waals surface area contributed by atoms with E-state index in [9.17, 15) is 9.59 Å². The van der Waals surface area contributed by atoms with Crippen molar-refractivity contribution < 1.29 is 9.59 Å². The molecular formula is C24H30N2O2. The zero-order valence-corrected chi connectivity index (χ0v) is 17.2. The Morgan fingerprint density at radius 1 is 1.00 bits per heavy atom. The van der Waals surface area contributed by atoms with Crippen LogP contribution in [0.5, 0.6) is 0 Å². The molecule has 0 bridgehead atoms. The van der Waals surface area contributed by atoms with Gasteiger partial charge >= 0.3 is 0 Å². The molecule has 1 aliphatic rings. The fraction of sp³-hybridized carbons (Fsp3) is 0.417. The van der Waals surface area contributed by atoms with E-state index in [1.807, 2.05) is 30.3 Å². The average Bonchev–Trinajstić information content (AvgIpc) is 3.03. The molecule has 4 heteroatoms. The first-order chi connectivity index (χ1) is 13.4. The fourth-order valence-electron chi connectivity index (χ4n) is 3.83. The number of amides is 2. The molecule has 1 N–H and O–H groups in total. The molecule has 0 aliphatic carbocycles. The molecule has 4 nitrogen and oxygen atoms in total. The standard InChI is InChI=1S/C24H30N2O2/c1-16(2)20-11-8-12-21(17(3)4)23(20)25-24(28)19-13-22(27)26(15-19)14-18-9-6-5-7-10-18/h5-12,16-17,19H,13-15H2,1-4H3,(H,25,28). The maximum Gasteiger partial charge on any atom is 0.229 e. The number of nitrogens with one attached hydrogen (secondary N) is 1. The molecule has 0 aromatic heterocycles. The number of carbonyl (C=O) groups excluding carboxylic acids is 2. The Hall–Kier alpha value is -2.62. The quantitative estimate of drug-likeness (QED) is 0.775. The number of anilines is 1. The lowest BCUT2D eigenvalue weighted by atomic mass is 9.92. The Morgan fingerprint density at radius 2 is 1.61 bits per heavy atom. The molecule has 1 atom stereocenters. The number of rotatable bonds is 6. The van der Waals surface area contributed by atoms with Crippen molar-refractivity contribution in [1.29, 1.82) is 0 Å². The van der Waals surface area contributed by atoms with Gasteiger partial charge in [0.2, 0.25) is 11.8 Å². The van der Waals surface area contributed by atoms with Crippen LogP contribution in [0.2, 0.25) is 0 Å². The second-order valence-electron chi connectivity index (χ2n) is 8.27. The number of benzene rings is 2. The molecule has 2 aromatic carbocycles. The van der Waals surface area contributed by atoms with Gasteiger partial charge < -0.3 is 10.2 Å². The van der Waals surface area contributed by atoms with Crippen LogP contribution in [-0.4, -0.2) is 23.3 Å². The van der Waals surface area contributed by atoms with Gasteiger partial charge in [-0.1, -0.05) is 76.2 Å². The van der Waals surface area contributed by atoms with Gasteiger partial charge in [0.15, 0.2) is 0 Å². The van der Waals surface area contributed by atoms with Crippen molar-refractivity contribution in [3.05, 3.63) is 65.2 Å². The lowest BCUT2D eigenvalue weighted by molar-refractivity contribution is -0.128. The van der Waals surface area contributed by atoms with Crippen LogP contribution < -0.4 is 5.32 Å². The molecule has 1 aliphatic heterocycles. The summed E-state index contributed by atoms with van der Waals surface area (Å²) in [6, 6.07) is 16.1. The van der Waals surface area contributed by atoms with Crippen LogP contribution in [0.25, 0.3) is 0 Å². The van der Waals surface area contributed by atoms with E-state index in [0.717, 1.165) is 22.4 Å². The summed E-state index contributed by atoms with van der Waals surface area (Å²) in [6.07, 6.45) is 0.277. The molecule has 2 amide bonds. The van der Waals surface area contributed by atoms with Gasteiger partial charge in [0.25, 0.3) is 0 Å². The number of hydrogen-bond acceptors (Lipinski definition) is 2. The van der Waals surface area contributed by atoms with Gasteiger partial charge in [-0.05, 0) is 28.5 Å². The Kier molecular flexibility index (Phi) is 6.18. The smallest absolute Gasteiger partial charge is 0.229 e. The summed E-state index contributed by atoms with van der Waals surface area (Å²) in [4.78, 5) is 27.2. The van der Waals surface area contributed by atoms with Crippen LogP contribution in [0.3, 0.4) is 0 Å². The maximum atomic E-state index is 13.0. The Bertz CT molecular complexity index is 817. The molecular weight excluding hydrogens is 348 g/mol. The highest BCUT2D eigenvalue weighted by atomic mass is 16.2. The highest BCUT2D eigenvalue weighted by Gasteiger charge is 2.34. The Balaban J connectivity index is 1.75. The van der Waals surface area contributed by atoms with Gasteiger partial charge in [-0.2, -0.15) is 0 Å². The van der Waals surface area contributed by atoms with Crippen molar-refractivity contribution in [3.63, 3.8) is 0 Å². The van der Waals surface area contributed by atoms with Gasteiger partial charge in [0.05, 0.1) is 5.92 Å². The SMILES string of the molecule is CC(C)c1cccc(C(C)C)c1NC(=O)C1CC(=O)N(Cc2ccccc2)C1. The Morgan fingerprint density at radius 3 is 2.18 bits per heavy atom. The number of carbonyl (C=O) groups is 2. The monoisotopic (exact) mass is 378 g/mol. The van der Waals surface area contributed by atoms with Crippen LogP contribution in [0.1, 0.15) is 62.6 Å². The summed E-state index contributed by atoms with van der Waals surface area (Å²) in [5, 5.41) is 3.17. The zero-order valence-electron chi connectivity index (χ0n) is 17.2. The molecule has 1 heterocycles. The van der Waals surface area contributed by atoms with Crippen LogP contribution in [-0.2, 0) is 16.1 Å². The summed E-state index contributed by atoms with van der Waals surface area (Å²) in [5.41, 5.74) is 4.30. The van der Waals surface area contributed by atoms with Crippen molar-refractivity contribution in [1.82, 2.24) is 4.90 Å². The predicted octanol–water partition coefficient (Wildman–Crippen LogP) is 4.92. The molecule has 0 saturated carbocycles. The van der Waals surface area contributed by atoms with Crippen LogP contribution in [0.15, 0.2) is 48.5 Å². The number of likely N-dealkylation sites (tertiary alicyclic amines) is 1. The highest BCUT2D eigenvalue weighted by molar-refractivity contribution is 5.98. The van der Waals surface area contributed by atoms with Crippen molar-refractivity contribution in [2.24, 2.45) is 5.92 Å². The van der Waals surface area contributed by atoms with E-state index in [2.05, 4.69) is 51.2 Å². The minimum absolute atomic E-state index is 0.0465. The molecule has 0 radical (unpaired) electrons. The largest absolute Gasteiger partial charge is 0.338 e. The lowest BCUT2D eigenvalue weighted by Crippen LogP contribution is -2.28. The van der Waals surface area contributed by atoms with Crippen molar-refractivity contribution in [3.8, 4) is 0 Å². The zero-order chi connectivity index (χ0) is 20.3. The van der Waals surface area contributed by atoms with Gasteiger partial charge in [-0.3, -0.25) is 9.59 Å². The van der Waals surface area contributed by atoms with E-state index in [-0.39, 0.29) is 24.2 Å². The number of hydrogen-bond donors (Lipinski definition) is 1. The highest BCUT2D eigenvalue weighted by Crippen LogP contribution is 2.33. The summed E-state index contributed by atoms with van der Waals surface area (Å²) in [5.74, 6) is 0.308. The summed E-state index contributed by atoms with van der Waals surface area (Å²) in [7, 11) is 0. The van der Waals surface area contributed by atoms with Crippen LogP contribution in [0.4, 0.5) is 5.69 Å². The second-order valence-corrected chi connectivity index (χ2v) is 8.27. The van der Waals surface area contributed by atoms with Crippen LogP contribution >= 0.6 is 0 Å². The third-order valence-corrected chi connectivity index (χ3v) is 5.42. The first-order valence-electron chi connectivity index (χ1n) is 10.1. The van der Waals surface area contributed by atoms with E-state index >= 15 is 0 Å². The molecule has 1 fully saturated rings. The molecule has 148 valence electrons. The maximum absolute atomic E-state index is 13.0.